The second kappa shape index (κ2) is 11.9. The number of anilines is 1. The highest BCUT2D eigenvalue weighted by molar-refractivity contribution is 5.77. The smallest absolute Gasteiger partial charge is 0.201 e. The highest BCUT2D eigenvalue weighted by Crippen LogP contribution is 2.35. The van der Waals surface area contributed by atoms with Crippen LogP contribution in [0.1, 0.15) is 29.9 Å². The number of hydrogen-bond acceptors (Lipinski definition) is 3. The van der Waals surface area contributed by atoms with Crippen molar-refractivity contribution in [3.05, 3.63) is 125 Å². The van der Waals surface area contributed by atoms with Crippen molar-refractivity contribution in [2.75, 3.05) is 25.0 Å². The van der Waals surface area contributed by atoms with Crippen LogP contribution in [0.5, 0.6) is 0 Å². The number of hydrogen-bond donors (Lipinski definition) is 2. The van der Waals surface area contributed by atoms with Gasteiger partial charge in [-0.1, -0.05) is 72.8 Å². The number of aromatic amines is 1. The Morgan fingerprint density at radius 3 is 2.41 bits per heavy atom. The number of fused-ring (bicyclic) bond motifs is 1. The molecule has 4 aromatic carbocycles. The van der Waals surface area contributed by atoms with Crippen molar-refractivity contribution >= 4 is 22.7 Å². The topological polar surface area (TPSA) is 48.3 Å². The van der Waals surface area contributed by atoms with Gasteiger partial charge in [-0.25, -0.2) is 18.6 Å². The lowest BCUT2D eigenvalue weighted by Crippen LogP contribution is -2.36. The van der Waals surface area contributed by atoms with Gasteiger partial charge in [0.15, 0.2) is 17.3 Å². The Morgan fingerprint density at radius 2 is 1.66 bits per heavy atom. The average Bonchev–Trinajstić information content (AvgIpc) is 3.40. The summed E-state index contributed by atoms with van der Waals surface area (Å²) in [5, 5.41) is 3.42. The van der Waals surface area contributed by atoms with Crippen LogP contribution in [-0.4, -0.2) is 34.5 Å². The Balaban J connectivity index is 1.21. The van der Waals surface area contributed by atoms with Gasteiger partial charge < -0.3 is 10.3 Å². The summed E-state index contributed by atoms with van der Waals surface area (Å²) in [5.74, 6) is -0.610. The quantitative estimate of drug-likeness (QED) is 0.193. The third-order valence-corrected chi connectivity index (χ3v) is 8.11. The van der Waals surface area contributed by atoms with Crippen LogP contribution < -0.4 is 5.32 Å². The summed E-state index contributed by atoms with van der Waals surface area (Å²) in [4.78, 5) is 13.6. The van der Waals surface area contributed by atoms with Crippen molar-refractivity contribution in [1.82, 2.24) is 14.9 Å². The summed E-state index contributed by atoms with van der Waals surface area (Å²) in [6, 6.07) is 29.2. The minimum atomic E-state index is -0.905. The fraction of sp³-hybridized carbons (Fsp3) is 0.235. The highest BCUT2D eigenvalue weighted by atomic mass is 19.2. The number of likely N-dealkylation sites (tertiary alicyclic amines) is 1. The number of halogens is 2. The molecule has 0 aliphatic carbocycles. The summed E-state index contributed by atoms with van der Waals surface area (Å²) >= 11 is 0. The molecular formula is C34H31F2N5. The normalized spacial score (nSPS) is 15.0. The third kappa shape index (κ3) is 6.13. The highest BCUT2D eigenvalue weighted by Gasteiger charge is 2.28. The molecule has 5 aromatic rings. The maximum absolute atomic E-state index is 13.7. The van der Waals surface area contributed by atoms with Gasteiger partial charge in [-0.2, -0.15) is 0 Å². The SMILES string of the molecule is [C-]#[N+]c1cccc(-c2ccc(C(CNc3nc4cc(F)c(F)cc4[nH]3)C3CCN(Cc4ccccc4)CC3)cc2)c1. The van der Waals surface area contributed by atoms with E-state index >= 15 is 0 Å². The summed E-state index contributed by atoms with van der Waals surface area (Å²) in [6.07, 6.45) is 2.15. The second-order valence-corrected chi connectivity index (χ2v) is 10.7. The van der Waals surface area contributed by atoms with Gasteiger partial charge in [-0.05, 0) is 60.2 Å². The van der Waals surface area contributed by atoms with Crippen molar-refractivity contribution < 1.29 is 8.78 Å². The molecule has 5 nitrogen and oxygen atoms in total. The van der Waals surface area contributed by atoms with Crippen LogP contribution in [-0.2, 0) is 6.54 Å². The minimum absolute atomic E-state index is 0.221. The van der Waals surface area contributed by atoms with Gasteiger partial charge in [0.1, 0.15) is 0 Å². The van der Waals surface area contributed by atoms with Crippen molar-refractivity contribution in [3.8, 4) is 11.1 Å². The second-order valence-electron chi connectivity index (χ2n) is 10.7. The van der Waals surface area contributed by atoms with Crippen LogP contribution in [0.15, 0.2) is 91.0 Å². The molecule has 1 atom stereocenters. The Morgan fingerprint density at radius 1 is 0.902 bits per heavy atom. The molecule has 0 radical (unpaired) electrons. The third-order valence-electron chi connectivity index (χ3n) is 8.11. The molecule has 41 heavy (non-hydrogen) atoms. The van der Waals surface area contributed by atoms with E-state index in [1.54, 1.807) is 0 Å². The van der Waals surface area contributed by atoms with E-state index in [1.807, 2.05) is 24.3 Å². The lowest BCUT2D eigenvalue weighted by molar-refractivity contribution is 0.163. The molecule has 7 heteroatoms. The standard InChI is InChI=1S/C34H31F2N5/c1-37-28-9-5-8-27(18-28)24-10-12-25(13-11-24)29(21-38-34-39-32-19-30(35)31(36)20-33(32)40-34)26-14-16-41(17-15-26)22-23-6-3-2-4-7-23/h2-13,18-20,26,29H,14-17,21-22H2,(H2,38,39,40). The predicted octanol–water partition coefficient (Wildman–Crippen LogP) is 8.17. The molecule has 1 fully saturated rings. The lowest BCUT2D eigenvalue weighted by Gasteiger charge is -2.36. The molecule has 1 saturated heterocycles. The van der Waals surface area contributed by atoms with E-state index in [2.05, 4.69) is 79.6 Å². The number of imidazole rings is 1. The zero-order chi connectivity index (χ0) is 28.2. The van der Waals surface area contributed by atoms with Crippen LogP contribution in [0.4, 0.5) is 20.4 Å². The Bertz CT molecular complexity index is 1630. The number of piperidine rings is 1. The number of aromatic nitrogens is 2. The molecule has 0 bridgehead atoms. The molecule has 1 aliphatic rings. The van der Waals surface area contributed by atoms with E-state index in [-0.39, 0.29) is 5.92 Å². The maximum Gasteiger partial charge on any atom is 0.201 e. The van der Waals surface area contributed by atoms with Crippen LogP contribution in [0.2, 0.25) is 0 Å². The van der Waals surface area contributed by atoms with Gasteiger partial charge in [0.05, 0.1) is 17.6 Å². The number of rotatable bonds is 8. The molecule has 2 heterocycles. The molecule has 0 spiro atoms. The summed E-state index contributed by atoms with van der Waals surface area (Å²) < 4.78 is 27.5. The molecule has 0 amide bonds. The largest absolute Gasteiger partial charge is 0.355 e. The molecular weight excluding hydrogens is 516 g/mol. The first-order valence-electron chi connectivity index (χ1n) is 14.0. The van der Waals surface area contributed by atoms with Crippen molar-refractivity contribution in [3.63, 3.8) is 0 Å². The fourth-order valence-electron chi connectivity index (χ4n) is 5.88. The van der Waals surface area contributed by atoms with Gasteiger partial charge in [-0.3, -0.25) is 4.90 Å². The number of nitrogens with one attached hydrogen (secondary N) is 2. The number of nitrogens with zero attached hydrogens (tertiary/aromatic N) is 3. The van der Waals surface area contributed by atoms with E-state index in [9.17, 15) is 8.78 Å². The average molecular weight is 548 g/mol. The van der Waals surface area contributed by atoms with Crippen LogP contribution in [0.25, 0.3) is 27.0 Å². The first-order valence-corrected chi connectivity index (χ1v) is 14.0. The Labute approximate surface area is 238 Å². The van der Waals surface area contributed by atoms with E-state index < -0.39 is 11.6 Å². The summed E-state index contributed by atoms with van der Waals surface area (Å²) in [6.45, 7) is 11.0. The maximum atomic E-state index is 13.7. The monoisotopic (exact) mass is 547 g/mol. The first-order chi connectivity index (χ1) is 20.1. The number of H-pyrrole nitrogens is 1. The molecule has 1 aromatic heterocycles. The van der Waals surface area contributed by atoms with Crippen molar-refractivity contribution in [2.45, 2.75) is 25.3 Å². The van der Waals surface area contributed by atoms with Crippen LogP contribution in [0.3, 0.4) is 0 Å². The summed E-state index contributed by atoms with van der Waals surface area (Å²) in [7, 11) is 0. The van der Waals surface area contributed by atoms with E-state index in [1.165, 1.54) is 11.1 Å². The van der Waals surface area contributed by atoms with Gasteiger partial charge in [-0.15, -0.1) is 0 Å². The Kier molecular flexibility index (Phi) is 7.75. The van der Waals surface area contributed by atoms with Gasteiger partial charge >= 0.3 is 0 Å². The zero-order valence-corrected chi connectivity index (χ0v) is 22.7. The van der Waals surface area contributed by atoms with E-state index in [0.717, 1.165) is 55.7 Å². The predicted molar refractivity (Wildman–Crippen MR) is 160 cm³/mol. The van der Waals surface area contributed by atoms with Gasteiger partial charge in [0.2, 0.25) is 5.95 Å². The molecule has 1 aliphatic heterocycles. The first kappa shape index (κ1) is 26.7. The van der Waals surface area contributed by atoms with Crippen molar-refractivity contribution in [1.29, 1.82) is 0 Å². The minimum Gasteiger partial charge on any atom is -0.355 e. The summed E-state index contributed by atoms with van der Waals surface area (Å²) in [5.41, 5.74) is 6.14. The van der Waals surface area contributed by atoms with Gasteiger partial charge in [0, 0.05) is 31.1 Å². The molecule has 6 rings (SSSR count). The van der Waals surface area contributed by atoms with Gasteiger partial charge in [0.25, 0.3) is 0 Å². The fourth-order valence-corrected chi connectivity index (χ4v) is 5.88. The molecule has 2 N–H and O–H groups in total. The zero-order valence-electron chi connectivity index (χ0n) is 22.7. The molecule has 206 valence electrons. The van der Waals surface area contributed by atoms with E-state index in [0.29, 0.717) is 35.1 Å². The number of benzene rings is 4. The Hall–Kier alpha value is -4.54. The van der Waals surface area contributed by atoms with E-state index in [4.69, 9.17) is 6.57 Å². The van der Waals surface area contributed by atoms with Crippen LogP contribution in [0, 0.1) is 24.1 Å². The lowest BCUT2D eigenvalue weighted by atomic mass is 9.79. The van der Waals surface area contributed by atoms with Crippen LogP contribution >= 0.6 is 0 Å². The molecule has 0 saturated carbocycles. The van der Waals surface area contributed by atoms with Crippen molar-refractivity contribution in [2.24, 2.45) is 5.92 Å². The molecule has 1 unspecified atom stereocenters.